The molecule has 4 heteroatoms. The smallest absolute Gasteiger partial charge is 0.140 e. The maximum Gasteiger partial charge on any atom is 0.140 e. The van der Waals surface area contributed by atoms with Crippen molar-refractivity contribution in [3.63, 3.8) is 0 Å². The molecule has 1 aromatic rings. The fourth-order valence-corrected chi connectivity index (χ4v) is 6.70. The maximum atomic E-state index is 6.90. The molecular formula is C30H37NO2S. The van der Waals surface area contributed by atoms with Gasteiger partial charge in [0.25, 0.3) is 0 Å². The van der Waals surface area contributed by atoms with Crippen LogP contribution in [0.15, 0.2) is 75.6 Å². The third-order valence-corrected chi connectivity index (χ3v) is 8.90. The molecule has 0 amide bonds. The number of rotatable bonds is 6. The van der Waals surface area contributed by atoms with E-state index in [1.807, 2.05) is 30.2 Å². The number of aromatic nitrogens is 1. The molecule has 0 aromatic carbocycles. The Hall–Kier alpha value is -2.20. The van der Waals surface area contributed by atoms with Crippen LogP contribution in [0.4, 0.5) is 0 Å². The number of pyridine rings is 1. The van der Waals surface area contributed by atoms with Gasteiger partial charge in [-0.3, -0.25) is 4.98 Å². The summed E-state index contributed by atoms with van der Waals surface area (Å²) >= 11 is 1.82. The number of allylic oxidation sites excluding steroid dienone is 7. The van der Waals surface area contributed by atoms with E-state index in [2.05, 4.69) is 50.9 Å². The van der Waals surface area contributed by atoms with Crippen LogP contribution in [0, 0.1) is 17.8 Å². The highest BCUT2D eigenvalue weighted by atomic mass is 32.2. The lowest BCUT2D eigenvalue weighted by atomic mass is 9.80. The monoisotopic (exact) mass is 475 g/mol. The van der Waals surface area contributed by atoms with Crippen LogP contribution in [-0.2, 0) is 9.47 Å². The molecule has 3 unspecified atom stereocenters. The van der Waals surface area contributed by atoms with Gasteiger partial charge >= 0.3 is 0 Å². The molecule has 3 heterocycles. The van der Waals surface area contributed by atoms with Gasteiger partial charge in [-0.25, -0.2) is 0 Å². The summed E-state index contributed by atoms with van der Waals surface area (Å²) in [4.78, 5) is 6.84. The van der Waals surface area contributed by atoms with Crippen molar-refractivity contribution in [3.8, 4) is 0 Å². The Balaban J connectivity index is 1.48. The Bertz CT molecular complexity index is 1090. The summed E-state index contributed by atoms with van der Waals surface area (Å²) in [6.07, 6.45) is 16.1. The number of fused-ring (bicyclic) bond motifs is 1. The molecule has 0 N–H and O–H groups in total. The molecule has 3 atom stereocenters. The van der Waals surface area contributed by atoms with Crippen LogP contribution < -0.4 is 0 Å². The Labute approximate surface area is 209 Å². The van der Waals surface area contributed by atoms with Crippen LogP contribution in [0.3, 0.4) is 0 Å². The predicted molar refractivity (Wildman–Crippen MR) is 141 cm³/mol. The second kappa shape index (κ2) is 10.2. The minimum absolute atomic E-state index is 0.338. The summed E-state index contributed by atoms with van der Waals surface area (Å²) in [5, 5.41) is 0. The van der Waals surface area contributed by atoms with Gasteiger partial charge in [-0.2, -0.15) is 0 Å². The molecule has 0 bridgehead atoms. The molecular weight excluding hydrogens is 438 g/mol. The molecule has 5 rings (SSSR count). The zero-order valence-corrected chi connectivity index (χ0v) is 21.8. The lowest BCUT2D eigenvalue weighted by Gasteiger charge is -2.34. The van der Waals surface area contributed by atoms with Crippen molar-refractivity contribution in [1.29, 1.82) is 0 Å². The van der Waals surface area contributed by atoms with E-state index in [9.17, 15) is 0 Å². The van der Waals surface area contributed by atoms with E-state index in [0.29, 0.717) is 5.92 Å². The van der Waals surface area contributed by atoms with Crippen LogP contribution in [0.5, 0.6) is 0 Å². The zero-order chi connectivity index (χ0) is 23.7. The third kappa shape index (κ3) is 4.66. The fraction of sp³-hybridized carbons (Fsp3) is 0.500. The second-order valence-electron chi connectivity index (χ2n) is 9.99. The first-order chi connectivity index (χ1) is 16.6. The van der Waals surface area contributed by atoms with Crippen molar-refractivity contribution >= 4 is 16.7 Å². The van der Waals surface area contributed by atoms with E-state index < -0.39 is 0 Å². The number of ether oxygens (including phenoxy) is 2. The van der Waals surface area contributed by atoms with E-state index >= 15 is 0 Å². The van der Waals surface area contributed by atoms with Gasteiger partial charge in [0.05, 0.1) is 17.3 Å². The molecule has 1 aromatic heterocycles. The van der Waals surface area contributed by atoms with Crippen molar-refractivity contribution in [3.05, 3.63) is 81.1 Å². The average Bonchev–Trinajstić information content (AvgIpc) is 3.60. The zero-order valence-electron chi connectivity index (χ0n) is 21.0. The molecule has 0 radical (unpaired) electrons. The predicted octanol–water partition coefficient (Wildman–Crippen LogP) is 8.55. The first kappa shape index (κ1) is 23.5. The Morgan fingerprint density at radius 1 is 1.21 bits per heavy atom. The number of hydrogen-bond acceptors (Lipinski definition) is 4. The van der Waals surface area contributed by atoms with Crippen molar-refractivity contribution < 1.29 is 9.47 Å². The molecule has 3 nitrogen and oxygen atoms in total. The molecule has 4 aliphatic rings. The van der Waals surface area contributed by atoms with E-state index in [1.165, 1.54) is 56.5 Å². The van der Waals surface area contributed by atoms with Crippen LogP contribution in [0.2, 0.25) is 0 Å². The van der Waals surface area contributed by atoms with Crippen molar-refractivity contribution in [2.75, 3.05) is 6.61 Å². The molecule has 180 valence electrons. The Kier molecular flexibility index (Phi) is 7.06. The Morgan fingerprint density at radius 2 is 2.06 bits per heavy atom. The maximum absolute atomic E-state index is 6.90. The summed E-state index contributed by atoms with van der Waals surface area (Å²) in [5.74, 6) is 5.46. The molecule has 2 aliphatic heterocycles. The highest BCUT2D eigenvalue weighted by Crippen LogP contribution is 2.54. The molecule has 0 spiro atoms. The van der Waals surface area contributed by atoms with Gasteiger partial charge in [0.1, 0.15) is 11.5 Å². The summed E-state index contributed by atoms with van der Waals surface area (Å²) in [6.45, 7) is 9.85. The normalized spacial score (nSPS) is 28.1. The first-order valence-corrected chi connectivity index (χ1v) is 13.9. The van der Waals surface area contributed by atoms with Crippen LogP contribution in [0.1, 0.15) is 78.2 Å². The summed E-state index contributed by atoms with van der Waals surface area (Å²) in [7, 11) is 0. The van der Waals surface area contributed by atoms with E-state index in [1.54, 1.807) is 0 Å². The van der Waals surface area contributed by atoms with Crippen molar-refractivity contribution in [2.45, 2.75) is 72.6 Å². The molecule has 0 saturated heterocycles. The first-order valence-electron chi connectivity index (χ1n) is 13.1. The fourth-order valence-electron chi connectivity index (χ4n) is 5.57. The lowest BCUT2D eigenvalue weighted by molar-refractivity contribution is 0.198. The van der Waals surface area contributed by atoms with E-state index in [-0.39, 0.29) is 0 Å². The molecule has 34 heavy (non-hydrogen) atoms. The van der Waals surface area contributed by atoms with Gasteiger partial charge in [-0.1, -0.05) is 50.8 Å². The van der Waals surface area contributed by atoms with Gasteiger partial charge in [-0.05, 0) is 68.1 Å². The van der Waals surface area contributed by atoms with E-state index in [4.69, 9.17) is 9.47 Å². The lowest BCUT2D eigenvalue weighted by Crippen LogP contribution is -2.20. The van der Waals surface area contributed by atoms with Crippen LogP contribution >= 0.6 is 11.8 Å². The largest absolute Gasteiger partial charge is 0.498 e. The summed E-state index contributed by atoms with van der Waals surface area (Å²) in [5.41, 5.74) is 5.37. The van der Waals surface area contributed by atoms with Gasteiger partial charge in [-0.15, -0.1) is 0 Å². The highest BCUT2D eigenvalue weighted by molar-refractivity contribution is 8.12. The van der Waals surface area contributed by atoms with Gasteiger partial charge in [0, 0.05) is 47.2 Å². The van der Waals surface area contributed by atoms with Gasteiger partial charge in [0.2, 0.25) is 0 Å². The molecule has 1 fully saturated rings. The standard InChI is InChI=1S/C30H37NO2S/c1-5-15-32-25(6-2)24-13-12-21-16-23(21)17-26-29(24)19(3)20(4)30(33-26)28-11-7-10-27(34-28)22-9-8-14-31-18-22/h8-11,14,18-19,21,23H,5-7,12-13,15-17H2,1-4H3. The Morgan fingerprint density at radius 3 is 2.82 bits per heavy atom. The summed E-state index contributed by atoms with van der Waals surface area (Å²) in [6, 6.07) is 4.15. The summed E-state index contributed by atoms with van der Waals surface area (Å²) < 4.78 is 13.2. The van der Waals surface area contributed by atoms with E-state index in [0.717, 1.165) is 56.3 Å². The SMILES string of the molecule is CCCOC(CC)=C1CCC2CC2CC2=C1C(C)C(C)=C(C1=CCC=C(c3cccnc3)S1)O2. The number of nitrogens with zero attached hydrogens (tertiary/aromatic N) is 1. The van der Waals surface area contributed by atoms with Crippen LogP contribution in [-0.4, -0.2) is 11.6 Å². The van der Waals surface area contributed by atoms with Gasteiger partial charge in [0.15, 0.2) is 0 Å². The van der Waals surface area contributed by atoms with Crippen molar-refractivity contribution in [1.82, 2.24) is 4.98 Å². The topological polar surface area (TPSA) is 31.4 Å². The van der Waals surface area contributed by atoms with Gasteiger partial charge < -0.3 is 9.47 Å². The second-order valence-corrected chi connectivity index (χ2v) is 11.1. The molecule has 2 aliphatic carbocycles. The number of hydrogen-bond donors (Lipinski definition) is 0. The highest BCUT2D eigenvalue weighted by Gasteiger charge is 2.43. The number of thioether (sulfide) groups is 1. The van der Waals surface area contributed by atoms with Crippen LogP contribution in [0.25, 0.3) is 4.91 Å². The average molecular weight is 476 g/mol. The molecule has 1 saturated carbocycles. The quantitative estimate of drug-likeness (QED) is 0.386. The van der Waals surface area contributed by atoms with Crippen molar-refractivity contribution in [2.24, 2.45) is 17.8 Å². The minimum atomic E-state index is 0.338. The minimum Gasteiger partial charge on any atom is -0.498 e. The third-order valence-electron chi connectivity index (χ3n) is 7.71.